The van der Waals surface area contributed by atoms with Crippen LogP contribution in [0.2, 0.25) is 3.67 Å². The van der Waals surface area contributed by atoms with Crippen molar-refractivity contribution in [1.29, 1.82) is 0 Å². The van der Waals surface area contributed by atoms with E-state index in [1.165, 1.54) is 35.1 Å². The van der Waals surface area contributed by atoms with Crippen LogP contribution in [-0.2, 0) is 17.6 Å². The summed E-state index contributed by atoms with van der Waals surface area (Å²) < 4.78 is 15.6. The van der Waals surface area contributed by atoms with Crippen LogP contribution in [-0.4, -0.2) is 53.4 Å². The fourth-order valence-electron chi connectivity index (χ4n) is 4.77. The maximum atomic E-state index is 14.9. The van der Waals surface area contributed by atoms with E-state index >= 15 is 0 Å². The summed E-state index contributed by atoms with van der Waals surface area (Å²) in [5.41, 5.74) is -0.331. The van der Waals surface area contributed by atoms with Gasteiger partial charge in [-0.25, -0.2) is 0 Å². The van der Waals surface area contributed by atoms with Crippen LogP contribution in [0.3, 0.4) is 0 Å². The van der Waals surface area contributed by atoms with Crippen molar-refractivity contribution < 1.29 is 9.18 Å². The summed E-state index contributed by atoms with van der Waals surface area (Å²) in [5, 5.41) is 0. The summed E-state index contributed by atoms with van der Waals surface area (Å²) in [6.45, 7) is 8.87. The standard InChI is InChI=1S/C29H39FNOS.In.2H/c1-22(2)27-19-18-26(33-27)17-10-20-31-25(21-29(4,30)28(31)32)16-9-12-23(3)11-8-15-24-13-6-5-7-14-24;;;/h5-7,9,12-14,16,18-19,22-23,25H,8,10-11,15,17,20-21H2,1-4H3;;;/b16-9+;;;/t23-,25-,29?;;;/m0.../s1. The molecule has 1 saturated heterocycles. The molecule has 0 aliphatic carbocycles. The Morgan fingerprint density at radius 2 is 1.88 bits per heavy atom. The average molecular weight is 586 g/mol. The van der Waals surface area contributed by atoms with Gasteiger partial charge >= 0.3 is 212 Å². The zero-order valence-electron chi connectivity index (χ0n) is 21.6. The molecule has 0 radical (unpaired) electrons. The Kier molecular flexibility index (Phi) is 10.3. The van der Waals surface area contributed by atoms with E-state index in [1.54, 1.807) is 4.90 Å². The molecular weight excluding hydrogens is 544 g/mol. The Bertz CT molecular complexity index is 939. The first-order chi connectivity index (χ1) is 16.2. The predicted molar refractivity (Wildman–Crippen MR) is 146 cm³/mol. The second-order valence-electron chi connectivity index (χ2n) is 10.6. The Balaban J connectivity index is 1.51. The molecule has 4 atom stereocenters. The summed E-state index contributed by atoms with van der Waals surface area (Å²) in [6.07, 6.45) is 10.1. The van der Waals surface area contributed by atoms with Crippen LogP contribution in [0, 0.1) is 5.92 Å². The molecule has 0 saturated carbocycles. The van der Waals surface area contributed by atoms with Crippen LogP contribution in [0.5, 0.6) is 0 Å². The third-order valence-electron chi connectivity index (χ3n) is 7.28. The van der Waals surface area contributed by atoms with E-state index in [9.17, 15) is 9.18 Å². The third-order valence-corrected chi connectivity index (χ3v) is 13.1. The van der Waals surface area contributed by atoms with Crippen molar-refractivity contribution in [2.45, 2.75) is 87.5 Å². The second kappa shape index (κ2) is 12.8. The number of amides is 1. The summed E-state index contributed by atoms with van der Waals surface area (Å²) >= 11 is 2.34. The van der Waals surface area contributed by atoms with Gasteiger partial charge < -0.3 is 0 Å². The van der Waals surface area contributed by atoms with Gasteiger partial charge in [-0.1, -0.05) is 13.8 Å². The number of carbonyl (C=O) groups excluding carboxylic acids is 1. The molecule has 0 bridgehead atoms. The van der Waals surface area contributed by atoms with Gasteiger partial charge in [0.25, 0.3) is 0 Å². The molecule has 1 aromatic heterocycles. The summed E-state index contributed by atoms with van der Waals surface area (Å²) in [6, 6.07) is 15.0. The zero-order valence-corrected chi connectivity index (χ0v) is 28.1. The minimum absolute atomic E-state index is 0.109. The fourth-order valence-corrected chi connectivity index (χ4v) is 7.41. The van der Waals surface area contributed by atoms with Crippen molar-refractivity contribution in [3.63, 3.8) is 0 Å². The molecule has 1 amide bonds. The Morgan fingerprint density at radius 3 is 2.56 bits per heavy atom. The first-order valence-corrected chi connectivity index (χ1v) is 17.1. The quantitative estimate of drug-likeness (QED) is 0.252. The molecule has 0 N–H and O–H groups in total. The van der Waals surface area contributed by atoms with Crippen molar-refractivity contribution in [1.82, 2.24) is 4.90 Å². The number of carbonyl (C=O) groups is 1. The number of thiophene rings is 1. The maximum absolute atomic E-state index is 14.9. The SMILES string of the molecule is CC(C)c1ccc(CCCN2C(=O)C(C)(F)C[C@@H]2/C=C/[C@@H]([InH2])[C@@H](C)CCCc2ccccc2)s1. The van der Waals surface area contributed by atoms with Crippen LogP contribution in [0.1, 0.15) is 74.6 Å². The van der Waals surface area contributed by atoms with Gasteiger partial charge in [0.2, 0.25) is 0 Å². The zero-order chi connectivity index (χ0) is 24.7. The van der Waals surface area contributed by atoms with Crippen LogP contribution < -0.4 is 0 Å². The Labute approximate surface area is 224 Å². The number of rotatable bonds is 12. The first-order valence-electron chi connectivity index (χ1n) is 13.0. The van der Waals surface area contributed by atoms with Crippen molar-refractivity contribution in [3.8, 4) is 0 Å². The van der Waals surface area contributed by atoms with E-state index in [0.717, 1.165) is 19.3 Å². The van der Waals surface area contributed by atoms with Crippen LogP contribution in [0.25, 0.3) is 0 Å². The molecule has 1 unspecified atom stereocenters. The van der Waals surface area contributed by atoms with Crippen molar-refractivity contribution in [3.05, 3.63) is 69.9 Å². The molecule has 2 nitrogen and oxygen atoms in total. The third kappa shape index (κ3) is 7.71. The number of halogens is 1. The van der Waals surface area contributed by atoms with Gasteiger partial charge in [0.05, 0.1) is 0 Å². The van der Waals surface area contributed by atoms with E-state index < -0.39 is 5.67 Å². The molecule has 1 aliphatic heterocycles. The molecule has 2 aromatic rings. The molecule has 34 heavy (non-hydrogen) atoms. The monoisotopic (exact) mass is 585 g/mol. The van der Waals surface area contributed by atoms with Crippen LogP contribution >= 0.6 is 11.3 Å². The summed E-state index contributed by atoms with van der Waals surface area (Å²) in [4.78, 5) is 17.3. The molecular formula is C29H41FInNOS. The van der Waals surface area contributed by atoms with Gasteiger partial charge in [0.1, 0.15) is 0 Å². The predicted octanol–water partition coefficient (Wildman–Crippen LogP) is 6.77. The average Bonchev–Trinajstić information content (AvgIpc) is 3.36. The fraction of sp³-hybridized carbons (Fsp3) is 0.552. The van der Waals surface area contributed by atoms with Gasteiger partial charge in [-0.2, -0.15) is 0 Å². The second-order valence-corrected chi connectivity index (χ2v) is 15.6. The topological polar surface area (TPSA) is 20.3 Å². The number of likely N-dealkylation sites (tertiary alicyclic amines) is 1. The number of benzene rings is 1. The normalized spacial score (nSPS) is 22.7. The van der Waals surface area contributed by atoms with E-state index in [1.807, 2.05) is 11.3 Å². The summed E-state index contributed by atoms with van der Waals surface area (Å²) in [7, 11) is 0. The van der Waals surface area contributed by atoms with Gasteiger partial charge in [-0.05, 0) is 0 Å². The van der Waals surface area contributed by atoms with E-state index in [-0.39, 0.29) is 18.4 Å². The number of hydrogen-bond acceptors (Lipinski definition) is 2. The van der Waals surface area contributed by atoms with E-state index in [0.29, 0.717) is 46.4 Å². The number of nitrogens with zero attached hydrogens (tertiary/aromatic N) is 1. The van der Waals surface area contributed by atoms with Gasteiger partial charge in [-0.15, -0.1) is 0 Å². The Morgan fingerprint density at radius 1 is 1.15 bits per heavy atom. The molecule has 184 valence electrons. The van der Waals surface area contributed by atoms with Crippen LogP contribution in [0.15, 0.2) is 54.6 Å². The van der Waals surface area contributed by atoms with Gasteiger partial charge in [0, 0.05) is 0 Å². The first kappa shape index (κ1) is 27.5. The van der Waals surface area contributed by atoms with Gasteiger partial charge in [-0.3, -0.25) is 0 Å². The van der Waals surface area contributed by atoms with Crippen LogP contribution in [0.4, 0.5) is 4.39 Å². The number of hydrogen-bond donors (Lipinski definition) is 0. The molecule has 1 fully saturated rings. The molecule has 5 heteroatoms. The van der Waals surface area contributed by atoms with Crippen molar-refractivity contribution in [2.24, 2.45) is 5.92 Å². The molecule has 2 heterocycles. The van der Waals surface area contributed by atoms with E-state index in [2.05, 4.69) is 75.4 Å². The Hall–Kier alpha value is -1.07. The van der Waals surface area contributed by atoms with Gasteiger partial charge in [0.15, 0.2) is 0 Å². The van der Waals surface area contributed by atoms with Crippen molar-refractivity contribution in [2.75, 3.05) is 6.54 Å². The minimum atomic E-state index is -1.74. The van der Waals surface area contributed by atoms with E-state index in [4.69, 9.17) is 0 Å². The molecule has 1 aliphatic rings. The molecule has 0 spiro atoms. The number of aryl methyl sites for hydroxylation is 2. The molecule has 1 aromatic carbocycles. The van der Waals surface area contributed by atoms with Crippen molar-refractivity contribution >= 4 is 41.6 Å². The summed E-state index contributed by atoms with van der Waals surface area (Å²) in [5.74, 6) is 0.865. The number of allylic oxidation sites excluding steroid dienone is 1. The number of alkyl halides is 1. The molecule has 3 rings (SSSR count).